The van der Waals surface area contributed by atoms with Gasteiger partial charge in [-0.05, 0) is 30.7 Å². The van der Waals surface area contributed by atoms with Crippen LogP contribution in [0.5, 0.6) is 5.75 Å². The molecule has 1 N–H and O–H groups in total. The summed E-state index contributed by atoms with van der Waals surface area (Å²) in [5, 5.41) is 17.1. The summed E-state index contributed by atoms with van der Waals surface area (Å²) < 4.78 is 1.65. The van der Waals surface area contributed by atoms with Gasteiger partial charge in [0.25, 0.3) is 0 Å². The van der Waals surface area contributed by atoms with E-state index in [0.717, 1.165) is 16.8 Å². The van der Waals surface area contributed by atoms with Crippen LogP contribution < -0.4 is 0 Å². The van der Waals surface area contributed by atoms with Crippen molar-refractivity contribution in [3.8, 4) is 17.0 Å². The minimum atomic E-state index is 0.273. The molecule has 2 rings (SSSR count). The van der Waals surface area contributed by atoms with Crippen LogP contribution in [0.15, 0.2) is 24.4 Å². The SMILES string of the molecule is Cc1cc(O)ccc1-c1cn(C)nn1. The van der Waals surface area contributed by atoms with Gasteiger partial charge >= 0.3 is 0 Å². The van der Waals surface area contributed by atoms with Crippen molar-refractivity contribution in [2.45, 2.75) is 6.92 Å². The molecule has 1 aromatic carbocycles. The molecule has 72 valence electrons. The summed E-state index contributed by atoms with van der Waals surface area (Å²) in [7, 11) is 1.83. The fraction of sp³-hybridized carbons (Fsp3) is 0.200. The Morgan fingerprint density at radius 1 is 1.36 bits per heavy atom. The summed E-state index contributed by atoms with van der Waals surface area (Å²) in [6.07, 6.45) is 1.85. The molecule has 0 fully saturated rings. The fourth-order valence-electron chi connectivity index (χ4n) is 1.41. The first kappa shape index (κ1) is 8.74. The molecule has 0 radical (unpaired) electrons. The highest BCUT2D eigenvalue weighted by molar-refractivity contribution is 5.63. The van der Waals surface area contributed by atoms with E-state index in [-0.39, 0.29) is 5.75 Å². The molecule has 0 aliphatic rings. The molecular formula is C10H11N3O. The average Bonchev–Trinajstić information content (AvgIpc) is 2.51. The first-order chi connectivity index (χ1) is 6.66. The number of nitrogens with zero attached hydrogens (tertiary/aromatic N) is 3. The van der Waals surface area contributed by atoms with Crippen LogP contribution in [0.1, 0.15) is 5.56 Å². The summed E-state index contributed by atoms with van der Waals surface area (Å²) in [5.41, 5.74) is 2.81. The number of rotatable bonds is 1. The van der Waals surface area contributed by atoms with Crippen LogP contribution in [-0.4, -0.2) is 20.1 Å². The van der Waals surface area contributed by atoms with Crippen molar-refractivity contribution in [2.75, 3.05) is 0 Å². The van der Waals surface area contributed by atoms with Crippen molar-refractivity contribution in [3.05, 3.63) is 30.0 Å². The lowest BCUT2D eigenvalue weighted by Crippen LogP contribution is -1.85. The Morgan fingerprint density at radius 2 is 2.14 bits per heavy atom. The van der Waals surface area contributed by atoms with E-state index in [9.17, 15) is 5.11 Å². The van der Waals surface area contributed by atoms with E-state index in [1.807, 2.05) is 26.2 Å². The average molecular weight is 189 g/mol. The fourth-order valence-corrected chi connectivity index (χ4v) is 1.41. The second-order valence-corrected chi connectivity index (χ2v) is 3.28. The van der Waals surface area contributed by atoms with Gasteiger partial charge in [-0.3, -0.25) is 4.68 Å². The minimum Gasteiger partial charge on any atom is -0.508 e. The van der Waals surface area contributed by atoms with Gasteiger partial charge in [0.05, 0.1) is 6.20 Å². The van der Waals surface area contributed by atoms with Gasteiger partial charge in [0, 0.05) is 12.6 Å². The lowest BCUT2D eigenvalue weighted by Gasteiger charge is -2.01. The number of aryl methyl sites for hydroxylation is 2. The highest BCUT2D eigenvalue weighted by Gasteiger charge is 2.05. The normalized spacial score (nSPS) is 10.4. The van der Waals surface area contributed by atoms with Gasteiger partial charge in [0.1, 0.15) is 11.4 Å². The van der Waals surface area contributed by atoms with Gasteiger partial charge in [-0.1, -0.05) is 5.21 Å². The molecule has 0 spiro atoms. The van der Waals surface area contributed by atoms with Crippen LogP contribution in [0.25, 0.3) is 11.3 Å². The molecule has 0 saturated carbocycles. The highest BCUT2D eigenvalue weighted by Crippen LogP contribution is 2.23. The van der Waals surface area contributed by atoms with E-state index in [0.29, 0.717) is 0 Å². The summed E-state index contributed by atoms with van der Waals surface area (Å²) in [5.74, 6) is 0.273. The van der Waals surface area contributed by atoms with Crippen molar-refractivity contribution in [1.82, 2.24) is 15.0 Å². The third kappa shape index (κ3) is 1.46. The van der Waals surface area contributed by atoms with E-state index in [2.05, 4.69) is 10.3 Å². The van der Waals surface area contributed by atoms with Gasteiger partial charge < -0.3 is 5.11 Å². The van der Waals surface area contributed by atoms with E-state index < -0.39 is 0 Å². The number of phenolic OH excluding ortho intramolecular Hbond substituents is 1. The lowest BCUT2D eigenvalue weighted by atomic mass is 10.1. The number of aromatic hydroxyl groups is 1. The molecule has 4 heteroatoms. The number of hydrogen-bond donors (Lipinski definition) is 1. The summed E-state index contributed by atoms with van der Waals surface area (Å²) >= 11 is 0. The van der Waals surface area contributed by atoms with Crippen molar-refractivity contribution in [3.63, 3.8) is 0 Å². The van der Waals surface area contributed by atoms with Crippen LogP contribution in [0.2, 0.25) is 0 Å². The molecule has 0 amide bonds. The molecule has 1 heterocycles. The van der Waals surface area contributed by atoms with Gasteiger partial charge in [0.15, 0.2) is 0 Å². The van der Waals surface area contributed by atoms with Gasteiger partial charge in [-0.2, -0.15) is 0 Å². The lowest BCUT2D eigenvalue weighted by molar-refractivity contribution is 0.475. The van der Waals surface area contributed by atoms with Crippen LogP contribution in [0, 0.1) is 6.92 Å². The third-order valence-electron chi connectivity index (χ3n) is 2.09. The topological polar surface area (TPSA) is 50.9 Å². The van der Waals surface area contributed by atoms with Crippen LogP contribution in [0.4, 0.5) is 0 Å². The first-order valence-electron chi connectivity index (χ1n) is 4.33. The van der Waals surface area contributed by atoms with E-state index in [1.165, 1.54) is 0 Å². The quantitative estimate of drug-likeness (QED) is 0.739. The third-order valence-corrected chi connectivity index (χ3v) is 2.09. The maximum atomic E-state index is 9.25. The van der Waals surface area contributed by atoms with Gasteiger partial charge in [0.2, 0.25) is 0 Å². The summed E-state index contributed by atoms with van der Waals surface area (Å²) in [6, 6.07) is 5.20. The van der Waals surface area contributed by atoms with Crippen molar-refractivity contribution >= 4 is 0 Å². The number of phenols is 1. The summed E-state index contributed by atoms with van der Waals surface area (Å²) in [6.45, 7) is 1.93. The zero-order valence-corrected chi connectivity index (χ0v) is 8.10. The van der Waals surface area contributed by atoms with Crippen molar-refractivity contribution in [2.24, 2.45) is 7.05 Å². The molecule has 0 unspecified atom stereocenters. The zero-order chi connectivity index (χ0) is 10.1. The Bertz CT molecular complexity index is 462. The van der Waals surface area contributed by atoms with E-state index in [1.54, 1.807) is 16.8 Å². The molecule has 0 aliphatic carbocycles. The van der Waals surface area contributed by atoms with E-state index in [4.69, 9.17) is 0 Å². The maximum Gasteiger partial charge on any atom is 0.115 e. The molecule has 4 nitrogen and oxygen atoms in total. The van der Waals surface area contributed by atoms with Crippen molar-refractivity contribution < 1.29 is 5.11 Å². The smallest absolute Gasteiger partial charge is 0.115 e. The molecular weight excluding hydrogens is 178 g/mol. The monoisotopic (exact) mass is 189 g/mol. The Kier molecular flexibility index (Phi) is 1.96. The molecule has 0 saturated heterocycles. The number of hydrogen-bond acceptors (Lipinski definition) is 3. The Balaban J connectivity index is 2.52. The number of aromatic nitrogens is 3. The molecule has 2 aromatic rings. The van der Waals surface area contributed by atoms with Gasteiger partial charge in [-0.25, -0.2) is 0 Å². The van der Waals surface area contributed by atoms with Crippen molar-refractivity contribution in [1.29, 1.82) is 0 Å². The molecule has 1 aromatic heterocycles. The van der Waals surface area contributed by atoms with E-state index >= 15 is 0 Å². The Labute approximate surface area is 81.8 Å². The molecule has 0 bridgehead atoms. The van der Waals surface area contributed by atoms with Crippen LogP contribution >= 0.6 is 0 Å². The van der Waals surface area contributed by atoms with Crippen LogP contribution in [0.3, 0.4) is 0 Å². The van der Waals surface area contributed by atoms with Crippen LogP contribution in [-0.2, 0) is 7.05 Å². The molecule has 14 heavy (non-hydrogen) atoms. The highest BCUT2D eigenvalue weighted by atomic mass is 16.3. The first-order valence-corrected chi connectivity index (χ1v) is 4.33. The second kappa shape index (κ2) is 3.14. The molecule has 0 aliphatic heterocycles. The predicted octanol–water partition coefficient (Wildman–Crippen LogP) is 1.50. The summed E-state index contributed by atoms with van der Waals surface area (Å²) in [4.78, 5) is 0. The second-order valence-electron chi connectivity index (χ2n) is 3.28. The largest absolute Gasteiger partial charge is 0.508 e. The Hall–Kier alpha value is -1.84. The Morgan fingerprint density at radius 3 is 2.71 bits per heavy atom. The molecule has 0 atom stereocenters. The maximum absolute atomic E-state index is 9.25. The zero-order valence-electron chi connectivity index (χ0n) is 8.10. The van der Waals surface area contributed by atoms with Gasteiger partial charge in [-0.15, -0.1) is 5.10 Å². The minimum absolute atomic E-state index is 0.273. The predicted molar refractivity (Wildman–Crippen MR) is 52.8 cm³/mol. The number of benzene rings is 1. The standard InChI is InChI=1S/C10H11N3O/c1-7-5-8(14)3-4-9(7)10-6-13(2)12-11-10/h3-6,14H,1-2H3.